The average Bonchev–Trinajstić information content (AvgIpc) is 2.87. The molecule has 0 radical (unpaired) electrons. The number of aryl methyl sites for hydroxylation is 2. The standard InChI is InChI=1S/C28H25ClN2O7/c1-14-6-8-17(9-7-14)24-19-13-20(29)15(2)10-21(19)38-27(33)25(24)31-28(34)30-18-11-22(35-4)26(37-16(3)32)23(12-18)36-5/h6-13H,1-5H3,(H2,30,31,34). The van der Waals surface area contributed by atoms with E-state index >= 15 is 0 Å². The van der Waals surface area contributed by atoms with Gasteiger partial charge >= 0.3 is 17.6 Å². The second kappa shape index (κ2) is 10.9. The molecule has 0 aliphatic carbocycles. The van der Waals surface area contributed by atoms with Crippen LogP contribution in [0, 0.1) is 13.8 Å². The molecular weight excluding hydrogens is 512 g/mol. The first-order valence-corrected chi connectivity index (χ1v) is 11.9. The SMILES string of the molecule is COc1cc(NC(=O)Nc2c(-c3ccc(C)cc3)c3cc(Cl)c(C)cc3oc2=O)cc(OC)c1OC(C)=O. The number of ether oxygens (including phenoxy) is 3. The largest absolute Gasteiger partial charge is 0.493 e. The lowest BCUT2D eigenvalue weighted by Gasteiger charge is -2.16. The van der Waals surface area contributed by atoms with E-state index in [-0.39, 0.29) is 28.6 Å². The summed E-state index contributed by atoms with van der Waals surface area (Å²) in [5.74, 6) is -0.185. The van der Waals surface area contributed by atoms with Crippen LogP contribution in [0.5, 0.6) is 17.2 Å². The molecule has 0 aliphatic rings. The van der Waals surface area contributed by atoms with Crippen molar-refractivity contribution in [3.05, 3.63) is 75.1 Å². The first kappa shape index (κ1) is 26.6. The lowest BCUT2D eigenvalue weighted by atomic mass is 9.98. The van der Waals surface area contributed by atoms with E-state index in [1.807, 2.05) is 38.1 Å². The Balaban J connectivity index is 1.77. The molecule has 1 aromatic heterocycles. The lowest BCUT2D eigenvalue weighted by molar-refractivity contribution is -0.132. The number of esters is 1. The normalized spacial score (nSPS) is 10.7. The molecule has 0 fully saturated rings. The highest BCUT2D eigenvalue weighted by Crippen LogP contribution is 2.41. The van der Waals surface area contributed by atoms with Crippen LogP contribution in [0.2, 0.25) is 5.02 Å². The monoisotopic (exact) mass is 536 g/mol. The van der Waals surface area contributed by atoms with E-state index in [4.69, 9.17) is 30.2 Å². The third kappa shape index (κ3) is 5.42. The van der Waals surface area contributed by atoms with E-state index in [1.165, 1.54) is 33.3 Å². The van der Waals surface area contributed by atoms with Crippen LogP contribution in [0.1, 0.15) is 18.1 Å². The minimum atomic E-state index is -0.731. The summed E-state index contributed by atoms with van der Waals surface area (Å²) in [5, 5.41) is 6.32. The van der Waals surface area contributed by atoms with Crippen LogP contribution in [0.15, 0.2) is 57.7 Å². The molecule has 3 aromatic carbocycles. The topological polar surface area (TPSA) is 116 Å². The summed E-state index contributed by atoms with van der Waals surface area (Å²) in [5.41, 5.74) is 2.74. The summed E-state index contributed by atoms with van der Waals surface area (Å²) in [6, 6.07) is 13.1. The fraction of sp³-hybridized carbons (Fsp3) is 0.179. The number of rotatable bonds is 6. The molecule has 9 nitrogen and oxygen atoms in total. The number of fused-ring (bicyclic) bond motifs is 1. The van der Waals surface area contributed by atoms with Gasteiger partial charge < -0.3 is 29.3 Å². The molecule has 0 saturated heterocycles. The molecule has 1 heterocycles. The van der Waals surface area contributed by atoms with Crippen molar-refractivity contribution >= 4 is 45.9 Å². The van der Waals surface area contributed by atoms with Gasteiger partial charge in [0.05, 0.1) is 19.9 Å². The van der Waals surface area contributed by atoms with Crippen LogP contribution in [0.3, 0.4) is 0 Å². The fourth-order valence-electron chi connectivity index (χ4n) is 3.93. The van der Waals surface area contributed by atoms with Crippen LogP contribution < -0.4 is 30.5 Å². The minimum absolute atomic E-state index is 0.0609. The van der Waals surface area contributed by atoms with Crippen molar-refractivity contribution in [3.63, 3.8) is 0 Å². The highest BCUT2D eigenvalue weighted by molar-refractivity contribution is 6.32. The van der Waals surface area contributed by atoms with Gasteiger partial charge in [-0.2, -0.15) is 0 Å². The average molecular weight is 537 g/mol. The third-order valence-corrected chi connectivity index (χ3v) is 6.14. The first-order chi connectivity index (χ1) is 18.1. The van der Waals surface area contributed by atoms with Gasteiger partial charge in [-0.15, -0.1) is 0 Å². The zero-order valence-electron chi connectivity index (χ0n) is 21.4. The van der Waals surface area contributed by atoms with E-state index in [9.17, 15) is 14.4 Å². The Morgan fingerprint density at radius 3 is 2.13 bits per heavy atom. The van der Waals surface area contributed by atoms with E-state index in [0.29, 0.717) is 27.1 Å². The molecule has 0 unspecified atom stereocenters. The molecule has 0 aliphatic heterocycles. The van der Waals surface area contributed by atoms with E-state index in [2.05, 4.69) is 10.6 Å². The fourth-order valence-corrected chi connectivity index (χ4v) is 4.09. The summed E-state index contributed by atoms with van der Waals surface area (Å²) in [6.07, 6.45) is 0. The van der Waals surface area contributed by atoms with Gasteiger partial charge in [-0.1, -0.05) is 41.4 Å². The first-order valence-electron chi connectivity index (χ1n) is 11.5. The van der Waals surface area contributed by atoms with Crippen molar-refractivity contribution in [3.8, 4) is 28.4 Å². The summed E-state index contributed by atoms with van der Waals surface area (Å²) in [6.45, 7) is 5.00. The van der Waals surface area contributed by atoms with Crippen molar-refractivity contribution in [2.75, 3.05) is 24.9 Å². The number of methoxy groups -OCH3 is 2. The maximum absolute atomic E-state index is 13.1. The maximum Gasteiger partial charge on any atom is 0.360 e. The molecule has 0 atom stereocenters. The number of halogens is 1. The molecule has 4 rings (SSSR count). The lowest BCUT2D eigenvalue weighted by Crippen LogP contribution is -2.24. The van der Waals surface area contributed by atoms with Crippen molar-refractivity contribution in [2.45, 2.75) is 20.8 Å². The summed E-state index contributed by atoms with van der Waals surface area (Å²) in [4.78, 5) is 37.7. The number of amides is 2. The van der Waals surface area contributed by atoms with Gasteiger partial charge in [-0.05, 0) is 37.1 Å². The van der Waals surface area contributed by atoms with Crippen LogP contribution in [-0.2, 0) is 4.79 Å². The molecule has 10 heteroatoms. The van der Waals surface area contributed by atoms with Crippen molar-refractivity contribution < 1.29 is 28.2 Å². The number of anilines is 2. The third-order valence-electron chi connectivity index (χ3n) is 5.73. The van der Waals surface area contributed by atoms with Crippen molar-refractivity contribution in [1.29, 1.82) is 0 Å². The number of hydrogen-bond donors (Lipinski definition) is 2. The maximum atomic E-state index is 13.1. The Morgan fingerprint density at radius 2 is 1.55 bits per heavy atom. The van der Waals surface area contributed by atoms with Gasteiger partial charge in [0.15, 0.2) is 11.5 Å². The Hall–Kier alpha value is -4.50. The van der Waals surface area contributed by atoms with Crippen molar-refractivity contribution in [1.82, 2.24) is 0 Å². The van der Waals surface area contributed by atoms with Gasteiger partial charge in [0.25, 0.3) is 0 Å². The predicted octanol–water partition coefficient (Wildman–Crippen LogP) is 6.32. The molecule has 0 bridgehead atoms. The van der Waals surface area contributed by atoms with E-state index in [1.54, 1.807) is 12.1 Å². The van der Waals surface area contributed by atoms with Crippen LogP contribution in [0.25, 0.3) is 22.1 Å². The molecule has 4 aromatic rings. The molecule has 2 amide bonds. The van der Waals surface area contributed by atoms with Crippen LogP contribution >= 0.6 is 11.6 Å². The van der Waals surface area contributed by atoms with Gasteiger partial charge in [0, 0.05) is 35.0 Å². The van der Waals surface area contributed by atoms with Gasteiger partial charge in [0.2, 0.25) is 5.75 Å². The van der Waals surface area contributed by atoms with Gasteiger partial charge in [-0.25, -0.2) is 9.59 Å². The molecule has 196 valence electrons. The number of hydrogen-bond acceptors (Lipinski definition) is 7. The number of carbonyl (C=O) groups is 2. The minimum Gasteiger partial charge on any atom is -0.493 e. The molecule has 0 spiro atoms. The predicted molar refractivity (Wildman–Crippen MR) is 146 cm³/mol. The number of carbonyl (C=O) groups excluding carboxylic acids is 2. The second-order valence-corrected chi connectivity index (χ2v) is 8.89. The van der Waals surface area contributed by atoms with Crippen molar-refractivity contribution in [2.24, 2.45) is 0 Å². The molecule has 2 N–H and O–H groups in total. The smallest absolute Gasteiger partial charge is 0.360 e. The Bertz CT molecular complexity index is 1590. The summed E-state index contributed by atoms with van der Waals surface area (Å²) >= 11 is 6.40. The number of benzene rings is 3. The van der Waals surface area contributed by atoms with Gasteiger partial charge in [0.1, 0.15) is 11.3 Å². The van der Waals surface area contributed by atoms with Crippen LogP contribution in [-0.4, -0.2) is 26.2 Å². The molecular formula is C28H25ClN2O7. The van der Waals surface area contributed by atoms with Gasteiger partial charge in [-0.3, -0.25) is 4.79 Å². The zero-order chi connectivity index (χ0) is 27.6. The zero-order valence-corrected chi connectivity index (χ0v) is 22.1. The van der Waals surface area contributed by atoms with E-state index in [0.717, 1.165) is 11.1 Å². The van der Waals surface area contributed by atoms with Crippen LogP contribution in [0.4, 0.5) is 16.2 Å². The number of nitrogens with one attached hydrogen (secondary N) is 2. The van der Waals surface area contributed by atoms with E-state index < -0.39 is 17.6 Å². The molecule has 38 heavy (non-hydrogen) atoms. The number of urea groups is 1. The highest BCUT2D eigenvalue weighted by atomic mass is 35.5. The highest BCUT2D eigenvalue weighted by Gasteiger charge is 2.21. The summed E-state index contributed by atoms with van der Waals surface area (Å²) in [7, 11) is 2.76. The molecule has 0 saturated carbocycles. The Labute approximate surface area is 223 Å². The second-order valence-electron chi connectivity index (χ2n) is 8.49. The summed E-state index contributed by atoms with van der Waals surface area (Å²) < 4.78 is 21.3. The Morgan fingerprint density at radius 1 is 0.921 bits per heavy atom. The quantitative estimate of drug-likeness (QED) is 0.168. The Kier molecular flexibility index (Phi) is 7.59.